The Morgan fingerprint density at radius 3 is 2.69 bits per heavy atom. The van der Waals surface area contributed by atoms with Crippen LogP contribution in [0.5, 0.6) is 5.75 Å². The van der Waals surface area contributed by atoms with Gasteiger partial charge in [-0.1, -0.05) is 30.3 Å². The molecule has 0 aliphatic rings. The number of H-pyrrole nitrogens is 1. The van der Waals surface area contributed by atoms with Gasteiger partial charge in [0.15, 0.2) is 5.69 Å². The van der Waals surface area contributed by atoms with E-state index in [1.807, 2.05) is 42.1 Å². The number of carbonyl (C=O) groups excluding carboxylic acids is 1. The number of rotatable bonds is 5. The molecule has 0 aliphatic carbocycles. The minimum absolute atomic E-state index is 0.141. The van der Waals surface area contributed by atoms with Crippen LogP contribution in [-0.2, 0) is 7.05 Å². The number of carbonyl (C=O) groups is 1. The van der Waals surface area contributed by atoms with Crippen LogP contribution in [0.15, 0.2) is 65.7 Å². The van der Waals surface area contributed by atoms with Gasteiger partial charge in [0.2, 0.25) is 0 Å². The van der Waals surface area contributed by atoms with Gasteiger partial charge >= 0.3 is 0 Å². The number of methoxy groups -OCH3 is 1. The topological polar surface area (TPSA) is 102 Å². The van der Waals surface area contributed by atoms with Crippen molar-refractivity contribution in [3.05, 3.63) is 88.4 Å². The predicted molar refractivity (Wildman–Crippen MR) is 108 cm³/mol. The highest BCUT2D eigenvalue weighted by Gasteiger charge is 2.24. The van der Waals surface area contributed by atoms with Gasteiger partial charge in [0.25, 0.3) is 11.5 Å². The van der Waals surface area contributed by atoms with Gasteiger partial charge in [-0.3, -0.25) is 9.59 Å². The molecule has 1 amide bonds. The first-order valence-electron chi connectivity index (χ1n) is 8.98. The summed E-state index contributed by atoms with van der Waals surface area (Å²) >= 11 is 0. The Bertz CT molecular complexity index is 1240. The molecule has 146 valence electrons. The number of aryl methyl sites for hydroxylation is 1. The predicted octanol–water partition coefficient (Wildman–Crippen LogP) is 2.18. The van der Waals surface area contributed by atoms with E-state index in [-0.39, 0.29) is 11.3 Å². The van der Waals surface area contributed by atoms with Crippen LogP contribution in [-0.4, -0.2) is 32.8 Å². The maximum absolute atomic E-state index is 13.2. The first-order chi connectivity index (χ1) is 14.1. The van der Waals surface area contributed by atoms with Crippen LogP contribution in [0, 0.1) is 0 Å². The number of hydrogen-bond acceptors (Lipinski definition) is 5. The normalized spacial score (nSPS) is 11.9. The smallest absolute Gasteiger partial charge is 0.273 e. The number of aromatic amines is 1. The van der Waals surface area contributed by atoms with Gasteiger partial charge in [0, 0.05) is 24.8 Å². The third-order valence-corrected chi connectivity index (χ3v) is 4.73. The SMILES string of the molecule is COc1cccc([C@H](NC(=O)c2n[nH]c(=O)c3ccccc23)c2nccn2C)c1. The number of hydrogen-bond donors (Lipinski definition) is 2. The lowest BCUT2D eigenvalue weighted by atomic mass is 10.0. The summed E-state index contributed by atoms with van der Waals surface area (Å²) in [6.07, 6.45) is 3.48. The van der Waals surface area contributed by atoms with Gasteiger partial charge in [-0.25, -0.2) is 10.1 Å². The van der Waals surface area contributed by atoms with E-state index in [1.165, 1.54) is 0 Å². The second-order valence-electron chi connectivity index (χ2n) is 6.53. The number of aromatic nitrogens is 4. The maximum Gasteiger partial charge on any atom is 0.273 e. The molecule has 0 spiro atoms. The average Bonchev–Trinajstić information content (AvgIpc) is 3.18. The number of nitrogens with one attached hydrogen (secondary N) is 2. The molecule has 0 aliphatic heterocycles. The Balaban J connectivity index is 1.77. The molecule has 0 saturated heterocycles. The maximum atomic E-state index is 13.2. The van der Waals surface area contributed by atoms with Crippen LogP contribution in [0.2, 0.25) is 0 Å². The first-order valence-corrected chi connectivity index (χ1v) is 8.98. The summed E-state index contributed by atoms with van der Waals surface area (Å²) in [6.45, 7) is 0. The fourth-order valence-corrected chi connectivity index (χ4v) is 3.26. The molecule has 1 atom stereocenters. The average molecular weight is 389 g/mol. The van der Waals surface area contributed by atoms with E-state index < -0.39 is 11.9 Å². The summed E-state index contributed by atoms with van der Waals surface area (Å²) in [7, 11) is 3.44. The number of ether oxygens (including phenoxy) is 1. The molecule has 2 heterocycles. The summed E-state index contributed by atoms with van der Waals surface area (Å²) in [4.78, 5) is 29.6. The fraction of sp³-hybridized carbons (Fsp3) is 0.143. The zero-order valence-electron chi connectivity index (χ0n) is 15.9. The lowest BCUT2D eigenvalue weighted by Crippen LogP contribution is -2.32. The number of amides is 1. The van der Waals surface area contributed by atoms with Crippen LogP contribution in [0.3, 0.4) is 0 Å². The zero-order valence-corrected chi connectivity index (χ0v) is 15.9. The van der Waals surface area contributed by atoms with Crippen molar-refractivity contribution in [3.63, 3.8) is 0 Å². The Morgan fingerprint density at radius 1 is 1.17 bits per heavy atom. The largest absolute Gasteiger partial charge is 0.497 e. The van der Waals surface area contributed by atoms with Gasteiger partial charge in [0.05, 0.1) is 12.5 Å². The van der Waals surface area contributed by atoms with E-state index in [9.17, 15) is 9.59 Å². The molecule has 0 bridgehead atoms. The van der Waals surface area contributed by atoms with Gasteiger partial charge in [-0.15, -0.1) is 0 Å². The second kappa shape index (κ2) is 7.59. The van der Waals surface area contributed by atoms with Crippen LogP contribution >= 0.6 is 0 Å². The number of benzene rings is 2. The fourth-order valence-electron chi connectivity index (χ4n) is 3.26. The monoisotopic (exact) mass is 389 g/mol. The Kier molecular flexibility index (Phi) is 4.82. The van der Waals surface area contributed by atoms with E-state index >= 15 is 0 Å². The molecule has 2 N–H and O–H groups in total. The van der Waals surface area contributed by atoms with Crippen LogP contribution < -0.4 is 15.6 Å². The Morgan fingerprint density at radius 2 is 1.97 bits per heavy atom. The lowest BCUT2D eigenvalue weighted by molar-refractivity contribution is 0.0937. The van der Waals surface area contributed by atoms with Crippen molar-refractivity contribution < 1.29 is 9.53 Å². The number of imidazole rings is 1. The van der Waals surface area contributed by atoms with Crippen molar-refractivity contribution >= 4 is 16.7 Å². The summed E-state index contributed by atoms with van der Waals surface area (Å²) in [6, 6.07) is 13.7. The number of fused-ring (bicyclic) bond motifs is 1. The van der Waals surface area contributed by atoms with Gasteiger partial charge < -0.3 is 14.6 Å². The lowest BCUT2D eigenvalue weighted by Gasteiger charge is -2.20. The van der Waals surface area contributed by atoms with E-state index in [0.29, 0.717) is 22.3 Å². The van der Waals surface area contributed by atoms with Crippen LogP contribution in [0.25, 0.3) is 10.8 Å². The first kappa shape index (κ1) is 18.4. The molecule has 0 radical (unpaired) electrons. The van der Waals surface area contributed by atoms with Gasteiger partial charge in [-0.05, 0) is 23.8 Å². The molecule has 0 unspecified atom stereocenters. The second-order valence-corrected chi connectivity index (χ2v) is 6.53. The number of nitrogens with zero attached hydrogens (tertiary/aromatic N) is 3. The van der Waals surface area contributed by atoms with Crippen molar-refractivity contribution in [2.24, 2.45) is 7.05 Å². The molecule has 0 saturated carbocycles. The highest BCUT2D eigenvalue weighted by Crippen LogP contribution is 2.25. The molecule has 8 heteroatoms. The summed E-state index contributed by atoms with van der Waals surface area (Å²) in [5, 5.41) is 10.3. The third-order valence-electron chi connectivity index (χ3n) is 4.73. The quantitative estimate of drug-likeness (QED) is 0.545. The van der Waals surface area contributed by atoms with Crippen molar-refractivity contribution in [1.29, 1.82) is 0 Å². The Hall–Kier alpha value is -3.94. The highest BCUT2D eigenvalue weighted by molar-refractivity contribution is 6.04. The summed E-state index contributed by atoms with van der Waals surface area (Å²) in [5.74, 6) is 0.900. The van der Waals surface area contributed by atoms with Gasteiger partial charge in [0.1, 0.15) is 17.6 Å². The van der Waals surface area contributed by atoms with Crippen molar-refractivity contribution in [2.45, 2.75) is 6.04 Å². The van der Waals surface area contributed by atoms with Gasteiger partial charge in [-0.2, -0.15) is 5.10 Å². The zero-order chi connectivity index (χ0) is 20.4. The molecule has 4 rings (SSSR count). The minimum Gasteiger partial charge on any atom is -0.497 e. The van der Waals surface area contributed by atoms with E-state index in [1.54, 1.807) is 37.6 Å². The van der Waals surface area contributed by atoms with E-state index in [0.717, 1.165) is 5.56 Å². The minimum atomic E-state index is -0.537. The molecule has 8 nitrogen and oxygen atoms in total. The molecule has 29 heavy (non-hydrogen) atoms. The van der Waals surface area contributed by atoms with E-state index in [2.05, 4.69) is 20.5 Å². The highest BCUT2D eigenvalue weighted by atomic mass is 16.5. The molecular weight excluding hydrogens is 370 g/mol. The standard InChI is InChI=1S/C21H19N5O3/c1-26-11-10-22-19(26)17(13-6-5-7-14(12-13)29-2)23-21(28)18-15-8-3-4-9-16(15)20(27)25-24-18/h3-12,17H,1-2H3,(H,23,28)(H,25,27)/t17-/m0/s1. The van der Waals surface area contributed by atoms with Crippen LogP contribution in [0.1, 0.15) is 27.9 Å². The molecular formula is C21H19N5O3. The molecule has 2 aromatic carbocycles. The molecule has 2 aromatic heterocycles. The molecule has 0 fully saturated rings. The Labute approximate surface area is 166 Å². The third kappa shape index (κ3) is 3.47. The summed E-state index contributed by atoms with van der Waals surface area (Å²) < 4.78 is 7.16. The van der Waals surface area contributed by atoms with Crippen molar-refractivity contribution in [2.75, 3.05) is 7.11 Å². The van der Waals surface area contributed by atoms with Crippen LogP contribution in [0.4, 0.5) is 0 Å². The van der Waals surface area contributed by atoms with E-state index in [4.69, 9.17) is 4.74 Å². The van der Waals surface area contributed by atoms with Crippen molar-refractivity contribution in [1.82, 2.24) is 25.1 Å². The molecule has 4 aromatic rings. The van der Waals surface area contributed by atoms with Crippen molar-refractivity contribution in [3.8, 4) is 5.75 Å². The summed E-state index contributed by atoms with van der Waals surface area (Å²) in [5.41, 5.74) is 0.605.